The summed E-state index contributed by atoms with van der Waals surface area (Å²) >= 11 is 6.22. The Hall–Kier alpha value is -2.22. The van der Waals surface area contributed by atoms with E-state index in [2.05, 4.69) is 4.99 Å². The fourth-order valence-electron chi connectivity index (χ4n) is 2.93. The molecule has 25 heavy (non-hydrogen) atoms. The van der Waals surface area contributed by atoms with E-state index < -0.39 is 23.8 Å². The number of hydrogen-bond donors (Lipinski definition) is 3. The molecule has 134 valence electrons. The number of aliphatic carboxylic acids is 2. The van der Waals surface area contributed by atoms with Gasteiger partial charge in [0.1, 0.15) is 5.92 Å². The third kappa shape index (κ3) is 4.07. The maximum absolute atomic E-state index is 11.9. The Morgan fingerprint density at radius 1 is 1.32 bits per heavy atom. The SMILES string of the molecule is CC1=NC(COCCN)=C(C(=O)O)[C@@H](c2ccccc2Cl)C1C(=O)O. The van der Waals surface area contributed by atoms with Gasteiger partial charge in [-0.2, -0.15) is 0 Å². The summed E-state index contributed by atoms with van der Waals surface area (Å²) in [5, 5.41) is 19.7. The molecule has 1 heterocycles. The molecular formula is C17H19ClN2O5. The van der Waals surface area contributed by atoms with Gasteiger partial charge in [-0.25, -0.2) is 4.79 Å². The Labute approximate surface area is 149 Å². The highest BCUT2D eigenvalue weighted by molar-refractivity contribution is 6.31. The van der Waals surface area contributed by atoms with E-state index in [9.17, 15) is 19.8 Å². The summed E-state index contributed by atoms with van der Waals surface area (Å²) < 4.78 is 5.33. The van der Waals surface area contributed by atoms with Gasteiger partial charge in [0.15, 0.2) is 0 Å². The van der Waals surface area contributed by atoms with Gasteiger partial charge < -0.3 is 20.7 Å². The third-order valence-corrected chi connectivity index (χ3v) is 4.30. The lowest BCUT2D eigenvalue weighted by Crippen LogP contribution is -2.36. The molecule has 1 aliphatic rings. The molecule has 0 aliphatic carbocycles. The number of hydrogen-bond acceptors (Lipinski definition) is 5. The van der Waals surface area contributed by atoms with E-state index in [4.69, 9.17) is 22.1 Å². The van der Waals surface area contributed by atoms with Gasteiger partial charge in [0.05, 0.1) is 24.5 Å². The molecule has 0 saturated carbocycles. The van der Waals surface area contributed by atoms with Gasteiger partial charge in [0.2, 0.25) is 0 Å². The molecule has 1 aliphatic heterocycles. The van der Waals surface area contributed by atoms with Crippen molar-refractivity contribution in [2.75, 3.05) is 19.8 Å². The Balaban J connectivity index is 2.62. The predicted octanol–water partition coefficient (Wildman–Crippen LogP) is 1.91. The fraction of sp³-hybridized carbons (Fsp3) is 0.353. The van der Waals surface area contributed by atoms with E-state index in [1.165, 1.54) is 0 Å². The maximum atomic E-state index is 11.9. The van der Waals surface area contributed by atoms with Crippen molar-refractivity contribution in [2.24, 2.45) is 16.6 Å². The minimum Gasteiger partial charge on any atom is -0.481 e. The van der Waals surface area contributed by atoms with Crippen LogP contribution < -0.4 is 5.73 Å². The van der Waals surface area contributed by atoms with E-state index in [0.717, 1.165) is 0 Å². The largest absolute Gasteiger partial charge is 0.481 e. The molecule has 4 N–H and O–H groups in total. The highest BCUT2D eigenvalue weighted by Gasteiger charge is 2.42. The molecule has 0 aromatic heterocycles. The second-order valence-corrected chi connectivity index (χ2v) is 5.98. The van der Waals surface area contributed by atoms with Crippen LogP contribution in [0.2, 0.25) is 5.02 Å². The van der Waals surface area contributed by atoms with E-state index >= 15 is 0 Å². The number of halogens is 1. The number of rotatable bonds is 7. The second-order valence-electron chi connectivity index (χ2n) is 5.58. The summed E-state index contributed by atoms with van der Waals surface area (Å²) in [6.07, 6.45) is 0. The molecule has 1 aromatic carbocycles. The average Bonchev–Trinajstić information content (AvgIpc) is 2.54. The first-order chi connectivity index (χ1) is 11.9. The van der Waals surface area contributed by atoms with Crippen molar-refractivity contribution >= 4 is 29.3 Å². The van der Waals surface area contributed by atoms with Crippen LogP contribution in [0, 0.1) is 5.92 Å². The van der Waals surface area contributed by atoms with Crippen molar-refractivity contribution in [2.45, 2.75) is 12.8 Å². The molecule has 0 bridgehead atoms. The first-order valence-corrected chi connectivity index (χ1v) is 8.02. The third-order valence-electron chi connectivity index (χ3n) is 3.95. The Morgan fingerprint density at radius 2 is 2.00 bits per heavy atom. The number of nitrogens with zero attached hydrogens (tertiary/aromatic N) is 1. The lowest BCUT2D eigenvalue weighted by atomic mass is 9.75. The normalized spacial score (nSPS) is 20.4. The van der Waals surface area contributed by atoms with Gasteiger partial charge >= 0.3 is 11.9 Å². The van der Waals surface area contributed by atoms with Crippen LogP contribution in [0.1, 0.15) is 18.4 Å². The summed E-state index contributed by atoms with van der Waals surface area (Å²) in [7, 11) is 0. The van der Waals surface area contributed by atoms with E-state index in [0.29, 0.717) is 16.3 Å². The van der Waals surface area contributed by atoms with Crippen LogP contribution in [0.5, 0.6) is 0 Å². The quantitative estimate of drug-likeness (QED) is 0.633. The molecule has 1 aromatic rings. The first-order valence-electron chi connectivity index (χ1n) is 7.65. The highest BCUT2D eigenvalue weighted by atomic mass is 35.5. The Bertz CT molecular complexity index is 744. The van der Waals surface area contributed by atoms with Crippen LogP contribution >= 0.6 is 11.6 Å². The standard InChI is InChI=1S/C17H19ClN2O5/c1-9-13(16(21)22)14(10-4-2-3-5-11(10)18)15(17(23)24)12(20-9)8-25-7-6-19/h2-5,13-14H,6-8,19H2,1H3,(H,21,22)(H,23,24)/t13?,14-/m0/s1. The van der Waals surface area contributed by atoms with Crippen LogP contribution in [-0.2, 0) is 14.3 Å². The molecule has 0 fully saturated rings. The molecule has 8 heteroatoms. The van der Waals surface area contributed by atoms with Crippen LogP contribution in [0.25, 0.3) is 0 Å². The zero-order valence-electron chi connectivity index (χ0n) is 13.6. The van der Waals surface area contributed by atoms with Crippen LogP contribution in [0.15, 0.2) is 40.5 Å². The van der Waals surface area contributed by atoms with Gasteiger partial charge in [-0.05, 0) is 18.6 Å². The zero-order chi connectivity index (χ0) is 18.6. The number of nitrogens with two attached hydrogens (primary N) is 1. The van der Waals surface area contributed by atoms with Crippen molar-refractivity contribution in [3.05, 3.63) is 46.1 Å². The summed E-state index contributed by atoms with van der Waals surface area (Å²) in [6.45, 7) is 2.02. The van der Waals surface area contributed by atoms with Crippen molar-refractivity contribution in [3.8, 4) is 0 Å². The average molecular weight is 367 g/mol. The van der Waals surface area contributed by atoms with E-state index in [1.807, 2.05) is 0 Å². The number of ether oxygens (including phenoxy) is 1. The summed E-state index contributed by atoms with van der Waals surface area (Å²) in [4.78, 5) is 27.9. The molecule has 0 radical (unpaired) electrons. The maximum Gasteiger partial charge on any atom is 0.334 e. The van der Waals surface area contributed by atoms with Crippen LogP contribution in [-0.4, -0.2) is 47.6 Å². The van der Waals surface area contributed by atoms with Gasteiger partial charge in [0, 0.05) is 23.2 Å². The molecular weight excluding hydrogens is 348 g/mol. The molecule has 7 nitrogen and oxygen atoms in total. The molecule has 2 rings (SSSR count). The number of benzene rings is 1. The van der Waals surface area contributed by atoms with Crippen molar-refractivity contribution in [3.63, 3.8) is 0 Å². The molecule has 0 amide bonds. The Morgan fingerprint density at radius 3 is 2.56 bits per heavy atom. The van der Waals surface area contributed by atoms with Gasteiger partial charge in [-0.1, -0.05) is 29.8 Å². The number of aliphatic imine (C=N–C) groups is 1. The number of carboxylic acid groups (broad SMARTS) is 2. The monoisotopic (exact) mass is 366 g/mol. The van der Waals surface area contributed by atoms with Crippen molar-refractivity contribution < 1.29 is 24.5 Å². The lowest BCUT2D eigenvalue weighted by molar-refractivity contribution is -0.140. The summed E-state index contributed by atoms with van der Waals surface area (Å²) in [5.74, 6) is -4.49. The molecule has 1 unspecified atom stereocenters. The van der Waals surface area contributed by atoms with Gasteiger partial charge in [-0.15, -0.1) is 0 Å². The Kier molecular flexibility index (Phi) is 6.30. The van der Waals surface area contributed by atoms with Crippen molar-refractivity contribution in [1.82, 2.24) is 0 Å². The van der Waals surface area contributed by atoms with E-state index in [-0.39, 0.29) is 31.0 Å². The number of carbonyl (C=O) groups is 2. The van der Waals surface area contributed by atoms with Crippen molar-refractivity contribution in [1.29, 1.82) is 0 Å². The summed E-state index contributed by atoms with van der Waals surface area (Å²) in [6, 6.07) is 6.61. The zero-order valence-corrected chi connectivity index (χ0v) is 14.4. The smallest absolute Gasteiger partial charge is 0.334 e. The van der Waals surface area contributed by atoms with Gasteiger partial charge in [-0.3, -0.25) is 9.79 Å². The van der Waals surface area contributed by atoms with Crippen LogP contribution in [0.4, 0.5) is 0 Å². The fourth-order valence-corrected chi connectivity index (χ4v) is 3.19. The highest BCUT2D eigenvalue weighted by Crippen LogP contribution is 2.41. The van der Waals surface area contributed by atoms with E-state index in [1.54, 1.807) is 31.2 Å². The minimum absolute atomic E-state index is 0.0660. The lowest BCUT2D eigenvalue weighted by Gasteiger charge is -2.30. The second kappa shape index (κ2) is 8.24. The first kappa shape index (κ1) is 19.1. The van der Waals surface area contributed by atoms with Gasteiger partial charge in [0.25, 0.3) is 0 Å². The number of carboxylic acids is 2. The topological polar surface area (TPSA) is 122 Å². The minimum atomic E-state index is -1.25. The predicted molar refractivity (Wildman–Crippen MR) is 93.0 cm³/mol. The molecule has 0 saturated heterocycles. The molecule has 2 atom stereocenters. The summed E-state index contributed by atoms with van der Waals surface area (Å²) in [5.41, 5.74) is 6.17. The molecule has 0 spiro atoms. The van der Waals surface area contributed by atoms with Crippen LogP contribution in [0.3, 0.4) is 0 Å².